The lowest BCUT2D eigenvalue weighted by Gasteiger charge is -2.20. The smallest absolute Gasteiger partial charge is 0.472 e. The van der Waals surface area contributed by atoms with Crippen molar-refractivity contribution in [3.8, 4) is 0 Å². The van der Waals surface area contributed by atoms with E-state index in [9.17, 15) is 19.0 Å². The maximum absolute atomic E-state index is 12.6. The largest absolute Gasteiger partial charge is 0.480 e. The van der Waals surface area contributed by atoms with Crippen molar-refractivity contribution >= 4 is 19.8 Å². The van der Waals surface area contributed by atoms with Crippen LogP contribution in [-0.2, 0) is 32.7 Å². The van der Waals surface area contributed by atoms with Crippen molar-refractivity contribution in [3.63, 3.8) is 0 Å². The lowest BCUT2D eigenvalue weighted by atomic mass is 10.0. The first-order valence-corrected chi connectivity index (χ1v) is 24.1. The second-order valence-electron chi connectivity index (χ2n) is 15.5. The Bertz CT molecular complexity index is 878. The third-order valence-electron chi connectivity index (χ3n) is 10.1. The van der Waals surface area contributed by atoms with Crippen molar-refractivity contribution in [1.29, 1.82) is 0 Å². The van der Waals surface area contributed by atoms with E-state index < -0.39 is 45.1 Å². The van der Waals surface area contributed by atoms with Gasteiger partial charge in [-0.25, -0.2) is 4.57 Å². The maximum Gasteiger partial charge on any atom is 0.472 e. The zero-order valence-electron chi connectivity index (χ0n) is 35.1. The molecule has 0 aliphatic heterocycles. The number of hydrogen-bond acceptors (Lipinski definition) is 8. The number of ether oxygens (including phenoxy) is 2. The Labute approximate surface area is 331 Å². The number of phosphoric acid groups is 1. The van der Waals surface area contributed by atoms with Gasteiger partial charge in [-0.1, -0.05) is 206 Å². The summed E-state index contributed by atoms with van der Waals surface area (Å²) in [4.78, 5) is 33.5. The van der Waals surface area contributed by atoms with Gasteiger partial charge in [0.1, 0.15) is 12.1 Å². The van der Waals surface area contributed by atoms with Crippen LogP contribution in [-0.4, -0.2) is 60.5 Å². The first-order valence-electron chi connectivity index (χ1n) is 22.6. The Morgan fingerprint density at radius 1 is 0.519 bits per heavy atom. The predicted octanol–water partition coefficient (Wildman–Crippen LogP) is 12.4. The number of rotatable bonds is 44. The van der Waals surface area contributed by atoms with Crippen LogP contribution in [0, 0.1) is 0 Å². The molecule has 0 aromatic heterocycles. The van der Waals surface area contributed by atoms with Crippen LogP contribution in [0.15, 0.2) is 0 Å². The van der Waals surface area contributed by atoms with E-state index in [2.05, 4.69) is 13.8 Å². The van der Waals surface area contributed by atoms with E-state index in [4.69, 9.17) is 29.4 Å². The van der Waals surface area contributed by atoms with Crippen LogP contribution in [0.3, 0.4) is 0 Å². The molecule has 0 aliphatic rings. The second kappa shape index (κ2) is 40.2. The van der Waals surface area contributed by atoms with Gasteiger partial charge in [-0.15, -0.1) is 0 Å². The molecule has 4 N–H and O–H groups in total. The normalized spacial score (nSPS) is 13.9. The molecule has 0 radical (unpaired) electrons. The van der Waals surface area contributed by atoms with Gasteiger partial charge in [0.2, 0.25) is 0 Å². The van der Waals surface area contributed by atoms with Crippen LogP contribution in [0.5, 0.6) is 0 Å². The van der Waals surface area contributed by atoms with Crippen molar-refractivity contribution in [2.45, 2.75) is 238 Å². The third-order valence-corrected chi connectivity index (χ3v) is 11.1. The quantitative estimate of drug-likeness (QED) is 0.0308. The van der Waals surface area contributed by atoms with Crippen molar-refractivity contribution < 1.29 is 42.7 Å². The summed E-state index contributed by atoms with van der Waals surface area (Å²) >= 11 is 0. The average molecular weight is 792 g/mol. The van der Waals surface area contributed by atoms with Gasteiger partial charge in [-0.2, -0.15) is 0 Å². The number of hydrogen-bond donors (Lipinski definition) is 3. The molecule has 0 spiro atoms. The standard InChI is InChI=1S/C43H86NO9P/c1-3-5-7-9-11-13-15-16-17-18-19-20-21-22-23-24-25-27-29-31-33-35-42(45)53-40(38-51-54(48,49)52-39-41(44)43(46)47)37-50-36-34-32-30-28-26-14-12-10-8-6-4-2/h40-41H,3-39,44H2,1-2H3,(H,46,47)(H,48,49). The summed E-state index contributed by atoms with van der Waals surface area (Å²) in [6, 6.07) is -1.47. The van der Waals surface area contributed by atoms with E-state index in [0.29, 0.717) is 6.61 Å². The van der Waals surface area contributed by atoms with Gasteiger partial charge in [-0.05, 0) is 12.8 Å². The molecule has 0 amide bonds. The van der Waals surface area contributed by atoms with Crippen molar-refractivity contribution in [2.75, 3.05) is 26.4 Å². The second-order valence-corrected chi connectivity index (χ2v) is 17.0. The molecule has 0 fully saturated rings. The van der Waals surface area contributed by atoms with Crippen LogP contribution < -0.4 is 5.73 Å². The van der Waals surface area contributed by atoms with Crippen LogP contribution >= 0.6 is 7.82 Å². The van der Waals surface area contributed by atoms with Crippen LogP contribution in [0.1, 0.15) is 226 Å². The molecule has 322 valence electrons. The summed E-state index contributed by atoms with van der Waals surface area (Å²) in [5.41, 5.74) is 5.35. The van der Waals surface area contributed by atoms with Crippen LogP contribution in [0.2, 0.25) is 0 Å². The molecule has 0 aromatic carbocycles. The molecular formula is C43H86NO9P. The van der Waals surface area contributed by atoms with Gasteiger partial charge < -0.3 is 25.2 Å². The zero-order valence-corrected chi connectivity index (χ0v) is 36.0. The molecule has 0 rings (SSSR count). The monoisotopic (exact) mass is 792 g/mol. The van der Waals surface area contributed by atoms with Gasteiger partial charge in [0.25, 0.3) is 0 Å². The highest BCUT2D eigenvalue weighted by Crippen LogP contribution is 2.43. The number of nitrogens with two attached hydrogens (primary N) is 1. The summed E-state index contributed by atoms with van der Waals surface area (Å²) in [5, 5.41) is 8.89. The minimum atomic E-state index is -4.60. The third kappa shape index (κ3) is 39.2. The Morgan fingerprint density at radius 2 is 0.852 bits per heavy atom. The highest BCUT2D eigenvalue weighted by Gasteiger charge is 2.27. The topological polar surface area (TPSA) is 155 Å². The molecule has 0 saturated heterocycles. The fourth-order valence-electron chi connectivity index (χ4n) is 6.61. The van der Waals surface area contributed by atoms with Gasteiger partial charge in [0, 0.05) is 13.0 Å². The van der Waals surface area contributed by atoms with Crippen LogP contribution in [0.4, 0.5) is 0 Å². The summed E-state index contributed by atoms with van der Waals surface area (Å²) in [5.74, 6) is -1.76. The summed E-state index contributed by atoms with van der Waals surface area (Å²) in [6.45, 7) is 3.92. The Morgan fingerprint density at radius 3 is 1.22 bits per heavy atom. The first-order chi connectivity index (χ1) is 26.2. The van der Waals surface area contributed by atoms with Crippen molar-refractivity contribution in [2.24, 2.45) is 5.73 Å². The van der Waals surface area contributed by atoms with Gasteiger partial charge >= 0.3 is 19.8 Å². The van der Waals surface area contributed by atoms with E-state index in [1.165, 1.54) is 167 Å². The highest BCUT2D eigenvalue weighted by atomic mass is 31.2. The number of unbranched alkanes of at least 4 members (excludes halogenated alkanes) is 30. The zero-order chi connectivity index (χ0) is 39.8. The fourth-order valence-corrected chi connectivity index (χ4v) is 7.38. The van der Waals surface area contributed by atoms with Crippen molar-refractivity contribution in [1.82, 2.24) is 0 Å². The summed E-state index contributed by atoms with van der Waals surface area (Å²) in [6.07, 6.45) is 40.2. The molecule has 3 unspecified atom stereocenters. The minimum Gasteiger partial charge on any atom is -0.480 e. The Hall–Kier alpha value is -1.03. The molecule has 11 heteroatoms. The number of carboxylic acid groups (broad SMARTS) is 1. The molecule has 10 nitrogen and oxygen atoms in total. The molecule has 0 saturated carbocycles. The summed E-state index contributed by atoms with van der Waals surface area (Å²) < 4.78 is 33.3. The van der Waals surface area contributed by atoms with E-state index >= 15 is 0 Å². The Kier molecular flexibility index (Phi) is 39.4. The van der Waals surface area contributed by atoms with E-state index in [1.807, 2.05) is 0 Å². The number of carboxylic acids is 1. The first kappa shape index (κ1) is 53.0. The van der Waals surface area contributed by atoms with Gasteiger partial charge in [0.15, 0.2) is 0 Å². The van der Waals surface area contributed by atoms with E-state index in [-0.39, 0.29) is 13.0 Å². The molecule has 54 heavy (non-hydrogen) atoms. The SMILES string of the molecule is CCCCCCCCCCCCCCCCCCCCCCCC(=O)OC(COCCCCCCCCCCCCC)COP(=O)(O)OCC(N)C(=O)O. The summed E-state index contributed by atoms with van der Waals surface area (Å²) in [7, 11) is -4.60. The van der Waals surface area contributed by atoms with Crippen molar-refractivity contribution in [3.05, 3.63) is 0 Å². The molecule has 0 aliphatic carbocycles. The molecular weight excluding hydrogens is 705 g/mol. The van der Waals surface area contributed by atoms with E-state index in [1.54, 1.807) is 0 Å². The number of carbonyl (C=O) groups is 2. The fraction of sp³-hybridized carbons (Fsp3) is 0.953. The number of carbonyl (C=O) groups excluding carboxylic acids is 1. The van der Waals surface area contributed by atoms with Gasteiger partial charge in [0.05, 0.1) is 19.8 Å². The molecule has 0 bridgehead atoms. The van der Waals surface area contributed by atoms with E-state index in [0.717, 1.165) is 38.5 Å². The predicted molar refractivity (Wildman–Crippen MR) is 222 cm³/mol. The number of phosphoric ester groups is 1. The molecule has 0 heterocycles. The highest BCUT2D eigenvalue weighted by molar-refractivity contribution is 7.47. The number of aliphatic carboxylic acids is 1. The lowest BCUT2D eigenvalue weighted by Crippen LogP contribution is -2.34. The van der Waals surface area contributed by atoms with Crippen LogP contribution in [0.25, 0.3) is 0 Å². The maximum atomic E-state index is 12.6. The molecule has 3 atom stereocenters. The lowest BCUT2D eigenvalue weighted by molar-refractivity contribution is -0.154. The average Bonchev–Trinajstić information content (AvgIpc) is 3.15. The number of esters is 1. The Balaban J connectivity index is 4.09. The molecule has 0 aromatic rings. The minimum absolute atomic E-state index is 0.0252. The van der Waals surface area contributed by atoms with Gasteiger partial charge in [-0.3, -0.25) is 18.6 Å².